The van der Waals surface area contributed by atoms with Crippen LogP contribution >= 0.6 is 0 Å². The number of nitriles is 1. The summed E-state index contributed by atoms with van der Waals surface area (Å²) in [6, 6.07) is 15.4. The van der Waals surface area contributed by atoms with Crippen molar-refractivity contribution in [3.05, 3.63) is 64.8 Å². The minimum absolute atomic E-state index is 0.103. The van der Waals surface area contributed by atoms with Crippen LogP contribution in [0.5, 0.6) is 5.75 Å². The highest BCUT2D eigenvalue weighted by atomic mass is 16.3. The van der Waals surface area contributed by atoms with Gasteiger partial charge in [0.1, 0.15) is 23.2 Å². The lowest BCUT2D eigenvalue weighted by atomic mass is 10.1. The van der Waals surface area contributed by atoms with Crippen molar-refractivity contribution >= 4 is 11.5 Å². The standard InChI is InChI=1S/C19H19N5O/c1-12-8-14(9-17(21)18(12)25)11-22-19-16(10-20)13(2)23-24(19)15-6-4-3-5-7-15/h3-9,22,25H,11,21H2,1-2H3. The van der Waals surface area contributed by atoms with Gasteiger partial charge in [0.15, 0.2) is 0 Å². The van der Waals surface area contributed by atoms with E-state index < -0.39 is 0 Å². The molecule has 126 valence electrons. The molecular weight excluding hydrogens is 314 g/mol. The fraction of sp³-hybridized carbons (Fsp3) is 0.158. The van der Waals surface area contributed by atoms with Crippen LogP contribution in [0.4, 0.5) is 11.5 Å². The van der Waals surface area contributed by atoms with Crippen molar-refractivity contribution in [2.45, 2.75) is 20.4 Å². The Hall–Kier alpha value is -3.46. The molecule has 3 aromatic rings. The van der Waals surface area contributed by atoms with Gasteiger partial charge >= 0.3 is 0 Å². The summed E-state index contributed by atoms with van der Waals surface area (Å²) < 4.78 is 1.73. The summed E-state index contributed by atoms with van der Waals surface area (Å²) in [4.78, 5) is 0. The number of aromatic hydroxyl groups is 1. The minimum Gasteiger partial charge on any atom is -0.506 e. The molecule has 6 heteroatoms. The number of anilines is 2. The number of phenolic OH excluding ortho intramolecular Hbond substituents is 1. The summed E-state index contributed by atoms with van der Waals surface area (Å²) in [5, 5.41) is 27.0. The van der Waals surface area contributed by atoms with Gasteiger partial charge < -0.3 is 16.2 Å². The van der Waals surface area contributed by atoms with Crippen LogP contribution in [0.15, 0.2) is 42.5 Å². The maximum atomic E-state index is 9.79. The zero-order valence-electron chi connectivity index (χ0n) is 14.1. The van der Waals surface area contributed by atoms with Gasteiger partial charge in [-0.2, -0.15) is 10.4 Å². The Labute approximate surface area is 146 Å². The fourth-order valence-corrected chi connectivity index (χ4v) is 2.75. The van der Waals surface area contributed by atoms with E-state index >= 15 is 0 Å². The molecule has 1 heterocycles. The largest absolute Gasteiger partial charge is 0.506 e. The van der Waals surface area contributed by atoms with Crippen LogP contribution in [-0.4, -0.2) is 14.9 Å². The number of nitrogens with two attached hydrogens (primary N) is 1. The Kier molecular flexibility index (Phi) is 4.31. The van der Waals surface area contributed by atoms with Crippen molar-refractivity contribution in [3.8, 4) is 17.5 Å². The number of para-hydroxylation sites is 1. The summed E-state index contributed by atoms with van der Waals surface area (Å²) >= 11 is 0. The molecule has 0 aliphatic heterocycles. The van der Waals surface area contributed by atoms with Crippen LogP contribution in [0.1, 0.15) is 22.4 Å². The van der Waals surface area contributed by atoms with Gasteiger partial charge in [0.25, 0.3) is 0 Å². The number of phenols is 1. The molecule has 0 fully saturated rings. The van der Waals surface area contributed by atoms with Crippen molar-refractivity contribution in [1.82, 2.24) is 9.78 Å². The maximum absolute atomic E-state index is 9.79. The quantitative estimate of drug-likeness (QED) is 0.502. The predicted molar refractivity (Wildman–Crippen MR) is 97.6 cm³/mol. The molecule has 0 atom stereocenters. The van der Waals surface area contributed by atoms with Gasteiger partial charge in [-0.3, -0.25) is 0 Å². The number of hydrogen-bond acceptors (Lipinski definition) is 5. The molecule has 0 saturated heterocycles. The molecule has 0 unspecified atom stereocenters. The number of hydrogen-bond donors (Lipinski definition) is 3. The fourth-order valence-electron chi connectivity index (χ4n) is 2.75. The van der Waals surface area contributed by atoms with E-state index in [0.717, 1.165) is 11.3 Å². The summed E-state index contributed by atoms with van der Waals surface area (Å²) in [7, 11) is 0. The Morgan fingerprint density at radius 3 is 2.60 bits per heavy atom. The lowest BCUT2D eigenvalue weighted by Gasteiger charge is -2.12. The van der Waals surface area contributed by atoms with E-state index in [1.165, 1.54) is 0 Å². The molecule has 1 aromatic heterocycles. The van der Waals surface area contributed by atoms with E-state index in [1.54, 1.807) is 17.7 Å². The van der Waals surface area contributed by atoms with E-state index in [9.17, 15) is 10.4 Å². The lowest BCUT2D eigenvalue weighted by Crippen LogP contribution is -2.08. The van der Waals surface area contributed by atoms with E-state index in [-0.39, 0.29) is 5.75 Å². The third kappa shape index (κ3) is 3.12. The molecule has 0 aliphatic rings. The average molecular weight is 333 g/mol. The molecule has 4 N–H and O–H groups in total. The number of benzene rings is 2. The highest BCUT2D eigenvalue weighted by molar-refractivity contribution is 5.61. The van der Waals surface area contributed by atoms with Gasteiger partial charge in [-0.15, -0.1) is 0 Å². The predicted octanol–water partition coefficient (Wildman–Crippen LogP) is 3.26. The zero-order chi connectivity index (χ0) is 18.0. The van der Waals surface area contributed by atoms with Gasteiger partial charge in [-0.25, -0.2) is 4.68 Å². The van der Waals surface area contributed by atoms with Crippen molar-refractivity contribution in [3.63, 3.8) is 0 Å². The zero-order valence-corrected chi connectivity index (χ0v) is 14.1. The number of nitrogens with one attached hydrogen (secondary N) is 1. The summed E-state index contributed by atoms with van der Waals surface area (Å²) in [5.74, 6) is 0.738. The van der Waals surface area contributed by atoms with Crippen molar-refractivity contribution in [1.29, 1.82) is 5.26 Å². The first-order valence-electron chi connectivity index (χ1n) is 7.88. The van der Waals surface area contributed by atoms with E-state index in [2.05, 4.69) is 16.5 Å². The topological polar surface area (TPSA) is 99.9 Å². The molecule has 6 nitrogen and oxygen atoms in total. The van der Waals surface area contributed by atoms with Gasteiger partial charge in [-0.05, 0) is 43.2 Å². The van der Waals surface area contributed by atoms with Crippen LogP contribution in [-0.2, 0) is 6.54 Å². The molecule has 0 amide bonds. The summed E-state index contributed by atoms with van der Waals surface area (Å²) in [6.45, 7) is 4.07. The van der Waals surface area contributed by atoms with E-state index in [0.29, 0.717) is 34.9 Å². The Bertz CT molecular complexity index is 931. The minimum atomic E-state index is 0.103. The second-order valence-electron chi connectivity index (χ2n) is 5.87. The second-order valence-corrected chi connectivity index (χ2v) is 5.87. The highest BCUT2D eigenvalue weighted by Gasteiger charge is 2.16. The monoisotopic (exact) mass is 333 g/mol. The highest BCUT2D eigenvalue weighted by Crippen LogP contribution is 2.27. The average Bonchev–Trinajstić information content (AvgIpc) is 2.94. The molecule has 0 radical (unpaired) electrons. The van der Waals surface area contributed by atoms with Gasteiger partial charge in [0.2, 0.25) is 0 Å². The van der Waals surface area contributed by atoms with Gasteiger partial charge in [-0.1, -0.05) is 24.3 Å². The van der Waals surface area contributed by atoms with Crippen LogP contribution in [0.25, 0.3) is 5.69 Å². The van der Waals surface area contributed by atoms with E-state index in [4.69, 9.17) is 5.73 Å². The van der Waals surface area contributed by atoms with Crippen LogP contribution in [0.3, 0.4) is 0 Å². The van der Waals surface area contributed by atoms with Crippen molar-refractivity contribution in [2.75, 3.05) is 11.1 Å². The number of aryl methyl sites for hydroxylation is 2. The molecule has 0 bridgehead atoms. The third-order valence-electron chi connectivity index (χ3n) is 4.02. The van der Waals surface area contributed by atoms with Crippen molar-refractivity contribution < 1.29 is 5.11 Å². The summed E-state index contributed by atoms with van der Waals surface area (Å²) in [6.07, 6.45) is 0. The first-order chi connectivity index (χ1) is 12.0. The second kappa shape index (κ2) is 6.57. The Morgan fingerprint density at radius 2 is 1.96 bits per heavy atom. The summed E-state index contributed by atoms with van der Waals surface area (Å²) in [5.41, 5.74) is 9.83. The van der Waals surface area contributed by atoms with Crippen LogP contribution in [0.2, 0.25) is 0 Å². The third-order valence-corrected chi connectivity index (χ3v) is 4.02. The first kappa shape index (κ1) is 16.4. The van der Waals surface area contributed by atoms with Gasteiger partial charge in [0, 0.05) is 6.54 Å². The maximum Gasteiger partial charge on any atom is 0.148 e. The van der Waals surface area contributed by atoms with Crippen LogP contribution in [0, 0.1) is 25.2 Å². The van der Waals surface area contributed by atoms with Crippen LogP contribution < -0.4 is 11.1 Å². The number of nitrogens with zero attached hydrogens (tertiary/aromatic N) is 3. The number of rotatable bonds is 4. The molecule has 2 aromatic carbocycles. The van der Waals surface area contributed by atoms with E-state index in [1.807, 2.05) is 43.3 Å². The molecule has 0 spiro atoms. The lowest BCUT2D eigenvalue weighted by molar-refractivity contribution is 0.473. The van der Waals surface area contributed by atoms with Gasteiger partial charge in [0.05, 0.1) is 17.1 Å². The SMILES string of the molecule is Cc1cc(CNc2c(C#N)c(C)nn2-c2ccccc2)cc(N)c1O. The molecule has 0 saturated carbocycles. The Morgan fingerprint density at radius 1 is 1.24 bits per heavy atom. The smallest absolute Gasteiger partial charge is 0.148 e. The molecule has 3 rings (SSSR count). The normalized spacial score (nSPS) is 10.4. The number of nitrogen functional groups attached to an aromatic ring is 1. The Balaban J connectivity index is 1.96. The van der Waals surface area contributed by atoms with Crippen molar-refractivity contribution in [2.24, 2.45) is 0 Å². The molecular formula is C19H19N5O. The molecule has 0 aliphatic carbocycles. The first-order valence-corrected chi connectivity index (χ1v) is 7.88. The molecule has 25 heavy (non-hydrogen) atoms. The number of aromatic nitrogens is 2.